The van der Waals surface area contributed by atoms with Gasteiger partial charge in [0.25, 0.3) is 5.91 Å². The molecule has 2 aromatic rings. The molecule has 4 N–H and O–H groups in total. The number of anilines is 2. The Balaban J connectivity index is 2.20. The standard InChI is InChI=1S/C12H10BrClN4O/c13-9-5-7(14)1-2-10(9)17-12(19)11-6-8(18-15)3-4-16-11/h1-6H,15H2,(H,16,18)(H,17,19). The number of hydrazine groups is 1. The van der Waals surface area contributed by atoms with Crippen molar-refractivity contribution in [1.29, 1.82) is 0 Å². The summed E-state index contributed by atoms with van der Waals surface area (Å²) in [5, 5.41) is 3.31. The van der Waals surface area contributed by atoms with Gasteiger partial charge < -0.3 is 10.7 Å². The zero-order valence-corrected chi connectivity index (χ0v) is 12.0. The number of hydrogen-bond donors (Lipinski definition) is 3. The van der Waals surface area contributed by atoms with Crippen LogP contribution in [0.2, 0.25) is 5.02 Å². The van der Waals surface area contributed by atoms with E-state index in [0.717, 1.165) is 0 Å². The van der Waals surface area contributed by atoms with Gasteiger partial charge in [0, 0.05) is 15.7 Å². The highest BCUT2D eigenvalue weighted by Gasteiger charge is 2.10. The zero-order valence-electron chi connectivity index (χ0n) is 9.65. The number of nitrogens with zero attached hydrogens (tertiary/aromatic N) is 1. The quantitative estimate of drug-likeness (QED) is 0.592. The van der Waals surface area contributed by atoms with E-state index in [2.05, 4.69) is 31.7 Å². The van der Waals surface area contributed by atoms with Crippen LogP contribution in [0.15, 0.2) is 41.0 Å². The fraction of sp³-hybridized carbons (Fsp3) is 0. The molecule has 0 saturated heterocycles. The van der Waals surface area contributed by atoms with Crippen LogP contribution >= 0.6 is 27.5 Å². The third-order valence-corrected chi connectivity index (χ3v) is 3.23. The Morgan fingerprint density at radius 2 is 2.11 bits per heavy atom. The van der Waals surface area contributed by atoms with Gasteiger partial charge in [0.15, 0.2) is 0 Å². The third kappa shape index (κ3) is 3.44. The average Bonchev–Trinajstić information content (AvgIpc) is 2.42. The van der Waals surface area contributed by atoms with E-state index < -0.39 is 0 Å². The molecule has 1 amide bonds. The normalized spacial score (nSPS) is 10.1. The second kappa shape index (κ2) is 6.01. The van der Waals surface area contributed by atoms with E-state index in [1.807, 2.05) is 0 Å². The van der Waals surface area contributed by atoms with Crippen molar-refractivity contribution in [3.63, 3.8) is 0 Å². The minimum atomic E-state index is -0.333. The van der Waals surface area contributed by atoms with Crippen LogP contribution in [-0.2, 0) is 0 Å². The first kappa shape index (κ1) is 13.8. The van der Waals surface area contributed by atoms with Crippen LogP contribution < -0.4 is 16.6 Å². The minimum Gasteiger partial charge on any atom is -0.324 e. The summed E-state index contributed by atoms with van der Waals surface area (Å²) in [7, 11) is 0. The maximum absolute atomic E-state index is 12.0. The van der Waals surface area contributed by atoms with Gasteiger partial charge in [-0.3, -0.25) is 15.6 Å². The lowest BCUT2D eigenvalue weighted by molar-refractivity contribution is 0.102. The molecule has 19 heavy (non-hydrogen) atoms. The van der Waals surface area contributed by atoms with Gasteiger partial charge in [-0.05, 0) is 46.3 Å². The largest absolute Gasteiger partial charge is 0.324 e. The number of aromatic nitrogens is 1. The molecule has 0 atom stereocenters. The first-order valence-corrected chi connectivity index (χ1v) is 6.46. The fourth-order valence-electron chi connectivity index (χ4n) is 1.42. The number of nitrogen functional groups attached to an aromatic ring is 1. The van der Waals surface area contributed by atoms with E-state index in [9.17, 15) is 4.79 Å². The Kier molecular flexibility index (Phi) is 4.36. The van der Waals surface area contributed by atoms with Crippen LogP contribution in [0.25, 0.3) is 0 Å². The number of halogens is 2. The van der Waals surface area contributed by atoms with Crippen LogP contribution in [0, 0.1) is 0 Å². The number of hydrogen-bond acceptors (Lipinski definition) is 4. The van der Waals surface area contributed by atoms with Gasteiger partial charge in [-0.15, -0.1) is 0 Å². The molecule has 1 heterocycles. The van der Waals surface area contributed by atoms with Crippen LogP contribution in [0.3, 0.4) is 0 Å². The minimum absolute atomic E-state index is 0.261. The summed E-state index contributed by atoms with van der Waals surface area (Å²) in [5.74, 6) is 4.95. The summed E-state index contributed by atoms with van der Waals surface area (Å²) in [4.78, 5) is 16.0. The van der Waals surface area contributed by atoms with Gasteiger partial charge in [0.2, 0.25) is 0 Å². The van der Waals surface area contributed by atoms with Gasteiger partial charge in [-0.1, -0.05) is 11.6 Å². The van der Waals surface area contributed by atoms with E-state index in [1.165, 1.54) is 6.20 Å². The first-order valence-electron chi connectivity index (χ1n) is 5.29. The summed E-state index contributed by atoms with van der Waals surface area (Å²) in [5.41, 5.74) is 3.94. The van der Waals surface area contributed by atoms with Gasteiger partial charge in [-0.25, -0.2) is 0 Å². The maximum atomic E-state index is 12.0. The van der Waals surface area contributed by atoms with Crippen LogP contribution in [0.4, 0.5) is 11.4 Å². The van der Waals surface area contributed by atoms with Crippen molar-refractivity contribution in [3.05, 3.63) is 51.7 Å². The van der Waals surface area contributed by atoms with Crippen LogP contribution in [0.1, 0.15) is 10.5 Å². The van der Waals surface area contributed by atoms with Crippen molar-refractivity contribution in [2.45, 2.75) is 0 Å². The summed E-state index contributed by atoms with van der Waals surface area (Å²) in [6, 6.07) is 8.30. The first-order chi connectivity index (χ1) is 9.10. The molecule has 0 aliphatic carbocycles. The van der Waals surface area contributed by atoms with Crippen molar-refractivity contribution < 1.29 is 4.79 Å². The second-order valence-corrected chi connectivity index (χ2v) is 4.94. The number of benzene rings is 1. The van der Waals surface area contributed by atoms with Gasteiger partial charge >= 0.3 is 0 Å². The number of rotatable bonds is 3. The van der Waals surface area contributed by atoms with Crippen molar-refractivity contribution in [2.75, 3.05) is 10.7 Å². The van der Waals surface area contributed by atoms with Crippen molar-refractivity contribution in [2.24, 2.45) is 5.84 Å². The van der Waals surface area contributed by atoms with Gasteiger partial charge in [0.05, 0.1) is 11.4 Å². The van der Waals surface area contributed by atoms with E-state index in [4.69, 9.17) is 17.4 Å². The monoisotopic (exact) mass is 340 g/mol. The lowest BCUT2D eigenvalue weighted by Crippen LogP contribution is -2.15. The van der Waals surface area contributed by atoms with Gasteiger partial charge in [-0.2, -0.15) is 0 Å². The Morgan fingerprint density at radius 3 is 2.79 bits per heavy atom. The smallest absolute Gasteiger partial charge is 0.274 e. The van der Waals surface area contributed by atoms with Gasteiger partial charge in [0.1, 0.15) is 5.69 Å². The maximum Gasteiger partial charge on any atom is 0.274 e. The molecular formula is C12H10BrClN4O. The molecule has 98 valence electrons. The molecule has 0 aliphatic heterocycles. The molecule has 0 fully saturated rings. The molecule has 5 nitrogen and oxygen atoms in total. The molecular weight excluding hydrogens is 332 g/mol. The Labute approximate surface area is 123 Å². The Bertz CT molecular complexity index is 620. The lowest BCUT2D eigenvalue weighted by atomic mass is 10.2. The summed E-state index contributed by atoms with van der Waals surface area (Å²) in [6.07, 6.45) is 1.50. The number of nitrogens with two attached hydrogens (primary N) is 1. The van der Waals surface area contributed by atoms with Crippen molar-refractivity contribution >= 4 is 44.8 Å². The molecule has 0 unspecified atom stereocenters. The predicted octanol–water partition coefficient (Wildman–Crippen LogP) is 3.04. The van der Waals surface area contributed by atoms with Crippen molar-refractivity contribution in [1.82, 2.24) is 4.98 Å². The third-order valence-electron chi connectivity index (χ3n) is 2.34. The zero-order chi connectivity index (χ0) is 13.8. The predicted molar refractivity (Wildman–Crippen MR) is 79.2 cm³/mol. The number of carbonyl (C=O) groups excluding carboxylic acids is 1. The Morgan fingerprint density at radius 1 is 1.32 bits per heavy atom. The summed E-state index contributed by atoms with van der Waals surface area (Å²) in [6.45, 7) is 0. The lowest BCUT2D eigenvalue weighted by Gasteiger charge is -2.08. The summed E-state index contributed by atoms with van der Waals surface area (Å²) >= 11 is 9.16. The number of carbonyl (C=O) groups is 1. The molecule has 0 saturated carbocycles. The molecule has 0 spiro atoms. The number of pyridine rings is 1. The average molecular weight is 342 g/mol. The second-order valence-electron chi connectivity index (χ2n) is 3.65. The van der Waals surface area contributed by atoms with E-state index in [-0.39, 0.29) is 11.6 Å². The SMILES string of the molecule is NNc1ccnc(C(=O)Nc2ccc(Cl)cc2Br)c1. The number of nitrogens with one attached hydrogen (secondary N) is 2. The molecule has 0 aliphatic rings. The molecule has 1 aromatic carbocycles. The number of amides is 1. The van der Waals surface area contributed by atoms with E-state index in [0.29, 0.717) is 20.9 Å². The Hall–Kier alpha value is -1.63. The molecule has 2 rings (SSSR count). The highest BCUT2D eigenvalue weighted by molar-refractivity contribution is 9.10. The van der Waals surface area contributed by atoms with E-state index in [1.54, 1.807) is 30.3 Å². The highest BCUT2D eigenvalue weighted by Crippen LogP contribution is 2.26. The van der Waals surface area contributed by atoms with Crippen LogP contribution in [0.5, 0.6) is 0 Å². The summed E-state index contributed by atoms with van der Waals surface area (Å²) < 4.78 is 0.696. The molecule has 1 aromatic heterocycles. The molecule has 0 radical (unpaired) electrons. The van der Waals surface area contributed by atoms with Crippen molar-refractivity contribution in [3.8, 4) is 0 Å². The highest BCUT2D eigenvalue weighted by atomic mass is 79.9. The molecule has 7 heteroatoms. The molecule has 0 bridgehead atoms. The van der Waals surface area contributed by atoms with E-state index >= 15 is 0 Å². The van der Waals surface area contributed by atoms with Crippen LogP contribution in [-0.4, -0.2) is 10.9 Å². The fourth-order valence-corrected chi connectivity index (χ4v) is 2.20. The topological polar surface area (TPSA) is 80.0 Å².